The highest BCUT2D eigenvalue weighted by atomic mass is 35.5. The molecule has 3 rings (SSSR count). The molecule has 132 valence electrons. The van der Waals surface area contributed by atoms with Gasteiger partial charge in [0.2, 0.25) is 0 Å². The number of benzene rings is 2. The van der Waals surface area contributed by atoms with Gasteiger partial charge in [0.05, 0.1) is 0 Å². The van der Waals surface area contributed by atoms with Gasteiger partial charge in [0.15, 0.2) is 0 Å². The number of nitrogens with one attached hydrogen (secondary N) is 2. The Bertz CT molecular complexity index is 883. The van der Waals surface area contributed by atoms with E-state index < -0.39 is 0 Å². The van der Waals surface area contributed by atoms with E-state index in [4.69, 9.17) is 23.2 Å². The number of halogens is 2. The van der Waals surface area contributed by atoms with Gasteiger partial charge in [-0.15, -0.1) is 0 Å². The van der Waals surface area contributed by atoms with Crippen LogP contribution in [-0.2, 0) is 6.42 Å². The van der Waals surface area contributed by atoms with Gasteiger partial charge >= 0.3 is 0 Å². The van der Waals surface area contributed by atoms with Gasteiger partial charge in [-0.3, -0.25) is 4.79 Å². The fourth-order valence-corrected chi connectivity index (χ4v) is 2.54. The number of aromatic nitrogens is 2. The maximum absolute atomic E-state index is 12.3. The van der Waals surface area contributed by atoms with Gasteiger partial charge in [-0.2, -0.15) is 0 Å². The van der Waals surface area contributed by atoms with Crippen molar-refractivity contribution in [2.24, 2.45) is 0 Å². The number of nitrogens with zero attached hydrogens (tertiary/aromatic N) is 2. The minimum absolute atomic E-state index is 0.281. The van der Waals surface area contributed by atoms with Crippen molar-refractivity contribution in [1.82, 2.24) is 9.97 Å². The molecule has 2 N–H and O–H groups in total. The number of carbonyl (C=O) groups excluding carboxylic acids is 1. The molecule has 26 heavy (non-hydrogen) atoms. The lowest BCUT2D eigenvalue weighted by molar-refractivity contribution is 0.102. The SMILES string of the molecule is O=C(Nc1ccc(Cl)cc1)c1cc(NCCc2ccc(Cl)cc2)ncn1. The van der Waals surface area contributed by atoms with Gasteiger partial charge in [-0.25, -0.2) is 9.97 Å². The molecule has 1 aromatic heterocycles. The second-order valence-corrected chi connectivity index (χ2v) is 6.43. The first-order valence-electron chi connectivity index (χ1n) is 7.97. The Morgan fingerprint density at radius 1 is 0.923 bits per heavy atom. The van der Waals surface area contributed by atoms with Crippen molar-refractivity contribution in [2.75, 3.05) is 17.2 Å². The summed E-state index contributed by atoms with van der Waals surface area (Å²) >= 11 is 11.7. The Morgan fingerprint density at radius 2 is 1.58 bits per heavy atom. The Kier molecular flexibility index (Phi) is 6.04. The molecule has 0 saturated carbocycles. The van der Waals surface area contributed by atoms with Crippen LogP contribution in [0.4, 0.5) is 11.5 Å². The smallest absolute Gasteiger partial charge is 0.274 e. The molecular formula is C19H16Cl2N4O. The zero-order valence-corrected chi connectivity index (χ0v) is 15.3. The summed E-state index contributed by atoms with van der Waals surface area (Å²) in [4.78, 5) is 20.5. The van der Waals surface area contributed by atoms with Crippen LogP contribution in [0.3, 0.4) is 0 Å². The van der Waals surface area contributed by atoms with Crippen LogP contribution in [0.5, 0.6) is 0 Å². The molecule has 7 heteroatoms. The van der Waals surface area contributed by atoms with Crippen molar-refractivity contribution in [3.8, 4) is 0 Å². The zero-order chi connectivity index (χ0) is 18.4. The minimum Gasteiger partial charge on any atom is -0.370 e. The van der Waals surface area contributed by atoms with E-state index in [-0.39, 0.29) is 11.6 Å². The van der Waals surface area contributed by atoms with E-state index in [0.29, 0.717) is 28.1 Å². The largest absolute Gasteiger partial charge is 0.370 e. The summed E-state index contributed by atoms with van der Waals surface area (Å²) in [6.07, 6.45) is 2.18. The predicted molar refractivity (Wildman–Crippen MR) is 105 cm³/mol. The molecule has 0 fully saturated rings. The molecular weight excluding hydrogens is 371 g/mol. The lowest BCUT2D eigenvalue weighted by Crippen LogP contribution is -2.15. The lowest BCUT2D eigenvalue weighted by atomic mass is 10.1. The van der Waals surface area contributed by atoms with E-state index in [1.807, 2.05) is 24.3 Å². The van der Waals surface area contributed by atoms with E-state index in [1.54, 1.807) is 30.3 Å². The van der Waals surface area contributed by atoms with Crippen LogP contribution in [0.1, 0.15) is 16.1 Å². The second kappa shape index (κ2) is 8.65. The van der Waals surface area contributed by atoms with E-state index >= 15 is 0 Å². The standard InChI is InChI=1S/C19H16Cl2N4O/c20-14-3-1-13(2-4-14)9-10-22-18-11-17(23-12-24-18)19(26)25-16-7-5-15(21)6-8-16/h1-8,11-12H,9-10H2,(H,25,26)(H,22,23,24). The second-order valence-electron chi connectivity index (χ2n) is 5.55. The topological polar surface area (TPSA) is 66.9 Å². The van der Waals surface area contributed by atoms with Crippen LogP contribution >= 0.6 is 23.2 Å². The molecule has 0 saturated heterocycles. The van der Waals surface area contributed by atoms with Crippen LogP contribution in [0, 0.1) is 0 Å². The first-order chi connectivity index (χ1) is 12.6. The molecule has 0 radical (unpaired) electrons. The van der Waals surface area contributed by atoms with Gasteiger partial charge < -0.3 is 10.6 Å². The summed E-state index contributed by atoms with van der Waals surface area (Å²) in [6, 6.07) is 16.2. The highest BCUT2D eigenvalue weighted by Gasteiger charge is 2.09. The summed E-state index contributed by atoms with van der Waals surface area (Å²) in [5.41, 5.74) is 2.09. The van der Waals surface area contributed by atoms with E-state index in [1.165, 1.54) is 6.33 Å². The fraction of sp³-hybridized carbons (Fsp3) is 0.105. The normalized spacial score (nSPS) is 10.4. The third-order valence-electron chi connectivity index (χ3n) is 3.63. The molecule has 5 nitrogen and oxygen atoms in total. The van der Waals surface area contributed by atoms with Crippen LogP contribution < -0.4 is 10.6 Å². The van der Waals surface area contributed by atoms with E-state index in [9.17, 15) is 4.79 Å². The summed E-state index contributed by atoms with van der Waals surface area (Å²) in [6.45, 7) is 0.677. The van der Waals surface area contributed by atoms with E-state index in [0.717, 1.165) is 12.0 Å². The molecule has 0 spiro atoms. The van der Waals surface area contributed by atoms with Crippen molar-refractivity contribution in [3.05, 3.63) is 82.2 Å². The third kappa shape index (κ3) is 5.18. The van der Waals surface area contributed by atoms with Crippen molar-refractivity contribution in [1.29, 1.82) is 0 Å². The summed E-state index contributed by atoms with van der Waals surface area (Å²) in [7, 11) is 0. The van der Waals surface area contributed by atoms with Crippen molar-refractivity contribution in [3.63, 3.8) is 0 Å². The quantitative estimate of drug-likeness (QED) is 0.644. The predicted octanol–water partition coefficient (Wildman–Crippen LogP) is 4.69. The Labute approximate surface area is 161 Å². The molecule has 0 atom stereocenters. The number of hydrogen-bond acceptors (Lipinski definition) is 4. The highest BCUT2D eigenvalue weighted by Crippen LogP contribution is 2.15. The van der Waals surface area contributed by atoms with Crippen LogP contribution in [0.2, 0.25) is 10.0 Å². The van der Waals surface area contributed by atoms with E-state index in [2.05, 4.69) is 20.6 Å². The van der Waals surface area contributed by atoms with Gasteiger partial charge in [0.25, 0.3) is 5.91 Å². The number of anilines is 2. The molecule has 0 aliphatic heterocycles. The molecule has 0 bridgehead atoms. The first kappa shape index (κ1) is 18.2. The molecule has 1 heterocycles. The van der Waals surface area contributed by atoms with Gasteiger partial charge in [-0.1, -0.05) is 35.3 Å². The summed E-state index contributed by atoms with van der Waals surface area (Å²) < 4.78 is 0. The monoisotopic (exact) mass is 386 g/mol. The summed E-state index contributed by atoms with van der Waals surface area (Å²) in [5.74, 6) is 0.283. The van der Waals surface area contributed by atoms with Crippen molar-refractivity contribution in [2.45, 2.75) is 6.42 Å². The van der Waals surface area contributed by atoms with Gasteiger partial charge in [0, 0.05) is 28.3 Å². The minimum atomic E-state index is -0.310. The Balaban J connectivity index is 1.57. The molecule has 0 unspecified atom stereocenters. The maximum Gasteiger partial charge on any atom is 0.274 e. The zero-order valence-electron chi connectivity index (χ0n) is 13.7. The lowest BCUT2D eigenvalue weighted by Gasteiger charge is -2.08. The first-order valence-corrected chi connectivity index (χ1v) is 8.73. The van der Waals surface area contributed by atoms with Gasteiger partial charge in [-0.05, 0) is 48.4 Å². The van der Waals surface area contributed by atoms with Crippen LogP contribution in [-0.4, -0.2) is 22.4 Å². The average molecular weight is 387 g/mol. The molecule has 3 aromatic rings. The molecule has 2 aromatic carbocycles. The number of rotatable bonds is 6. The highest BCUT2D eigenvalue weighted by molar-refractivity contribution is 6.30. The number of hydrogen-bond donors (Lipinski definition) is 2. The molecule has 0 aliphatic carbocycles. The Morgan fingerprint density at radius 3 is 2.27 bits per heavy atom. The maximum atomic E-state index is 12.3. The third-order valence-corrected chi connectivity index (χ3v) is 4.14. The Hall–Kier alpha value is -2.63. The van der Waals surface area contributed by atoms with Crippen LogP contribution in [0.25, 0.3) is 0 Å². The molecule has 1 amide bonds. The van der Waals surface area contributed by atoms with Crippen molar-refractivity contribution < 1.29 is 4.79 Å². The average Bonchev–Trinajstić information content (AvgIpc) is 2.65. The summed E-state index contributed by atoms with van der Waals surface area (Å²) in [5, 5.41) is 7.29. The number of carbonyl (C=O) groups is 1. The van der Waals surface area contributed by atoms with Crippen LogP contribution in [0.15, 0.2) is 60.9 Å². The number of amides is 1. The van der Waals surface area contributed by atoms with Crippen molar-refractivity contribution >= 4 is 40.6 Å². The van der Waals surface area contributed by atoms with Gasteiger partial charge in [0.1, 0.15) is 17.8 Å². The molecule has 0 aliphatic rings. The fourth-order valence-electron chi connectivity index (χ4n) is 2.29.